The fourth-order valence-electron chi connectivity index (χ4n) is 6.44. The summed E-state index contributed by atoms with van der Waals surface area (Å²) in [6, 6.07) is -0.653. The van der Waals surface area contributed by atoms with Gasteiger partial charge in [-0.15, -0.1) is 0 Å². The Balaban J connectivity index is 1.67. The van der Waals surface area contributed by atoms with Gasteiger partial charge in [0.2, 0.25) is 0 Å². The highest BCUT2D eigenvalue weighted by Crippen LogP contribution is 2.85. The van der Waals surface area contributed by atoms with Gasteiger partial charge in [0.1, 0.15) is 5.67 Å². The molecule has 6 aliphatic rings. The maximum Gasteiger partial charge on any atom is 0.332 e. The first-order valence-electron chi connectivity index (χ1n) is 6.52. The van der Waals surface area contributed by atoms with Crippen molar-refractivity contribution in [2.24, 2.45) is 52.3 Å². The molecule has 6 bridgehead atoms. The van der Waals surface area contributed by atoms with Crippen molar-refractivity contribution in [1.82, 2.24) is 5.43 Å². The Kier molecular flexibility index (Phi) is 1.57. The number of urea groups is 1. The summed E-state index contributed by atoms with van der Waals surface area (Å²) in [5.41, 5.74) is 7.26. The predicted octanol–water partition coefficient (Wildman–Crippen LogP) is 1.29. The van der Waals surface area contributed by atoms with Crippen LogP contribution in [0, 0.1) is 41.4 Å². The van der Waals surface area contributed by atoms with Crippen LogP contribution in [0.4, 0.5) is 9.18 Å². The number of hydrazone groups is 1. The molecule has 6 rings (SSSR count). The number of hydrogen-bond donors (Lipinski definition) is 2. The van der Waals surface area contributed by atoms with E-state index in [1.54, 1.807) is 0 Å². The highest BCUT2D eigenvalue weighted by Gasteiger charge is 2.89. The van der Waals surface area contributed by atoms with Crippen LogP contribution in [0.5, 0.6) is 0 Å². The van der Waals surface area contributed by atoms with Gasteiger partial charge in [0.05, 0.1) is 0 Å². The van der Waals surface area contributed by atoms with E-state index in [9.17, 15) is 4.79 Å². The molecule has 3 N–H and O–H groups in total. The van der Waals surface area contributed by atoms with Crippen molar-refractivity contribution in [2.45, 2.75) is 16.0 Å². The van der Waals surface area contributed by atoms with Crippen LogP contribution in [0.3, 0.4) is 0 Å². The topological polar surface area (TPSA) is 67.5 Å². The fraction of sp³-hybridized carbons (Fsp3) is 0.833. The largest absolute Gasteiger partial charge is 0.350 e. The molecular formula is C12H13FIN3O. The second kappa shape index (κ2) is 2.71. The highest BCUT2D eigenvalue weighted by atomic mass is 127. The van der Waals surface area contributed by atoms with Crippen LogP contribution in [0.2, 0.25) is 0 Å². The van der Waals surface area contributed by atoms with Crippen molar-refractivity contribution >= 4 is 34.3 Å². The molecule has 6 saturated carbocycles. The van der Waals surface area contributed by atoms with Gasteiger partial charge < -0.3 is 5.73 Å². The molecule has 6 fully saturated rings. The van der Waals surface area contributed by atoms with E-state index in [0.717, 1.165) is 5.71 Å². The third-order valence-electron chi connectivity index (χ3n) is 6.38. The lowest BCUT2D eigenvalue weighted by molar-refractivity contribution is 0.0218. The Morgan fingerprint density at radius 1 is 1.50 bits per heavy atom. The summed E-state index contributed by atoms with van der Waals surface area (Å²) in [4.78, 5) is 10.8. The number of carbonyl (C=O) groups is 1. The zero-order chi connectivity index (χ0) is 12.4. The number of hydrogen-bond acceptors (Lipinski definition) is 2. The van der Waals surface area contributed by atoms with E-state index in [1.807, 2.05) is 0 Å². The van der Waals surface area contributed by atoms with Crippen LogP contribution in [-0.2, 0) is 0 Å². The van der Waals surface area contributed by atoms with E-state index in [4.69, 9.17) is 5.73 Å². The number of halogens is 2. The van der Waals surface area contributed by atoms with Crippen molar-refractivity contribution in [1.29, 1.82) is 0 Å². The van der Waals surface area contributed by atoms with Gasteiger partial charge in [-0.1, -0.05) is 22.6 Å². The minimum absolute atomic E-state index is 0.0324. The molecule has 0 aromatic heterocycles. The first-order chi connectivity index (χ1) is 8.56. The second-order valence-corrected chi connectivity index (χ2v) is 7.83. The van der Waals surface area contributed by atoms with Gasteiger partial charge >= 0.3 is 6.03 Å². The normalized spacial score (nSPS) is 66.9. The molecule has 96 valence electrons. The number of rotatable bonds is 1. The highest BCUT2D eigenvalue weighted by molar-refractivity contribution is 14.1. The average Bonchev–Trinajstić information content (AvgIpc) is 2.99. The zero-order valence-corrected chi connectivity index (χ0v) is 11.7. The zero-order valence-electron chi connectivity index (χ0n) is 9.51. The summed E-state index contributed by atoms with van der Waals surface area (Å²) in [6.07, 6.45) is 1.18. The molecule has 0 aromatic rings. The van der Waals surface area contributed by atoms with E-state index in [0.29, 0.717) is 23.7 Å². The monoisotopic (exact) mass is 361 g/mol. The second-order valence-electron chi connectivity index (χ2n) is 6.49. The van der Waals surface area contributed by atoms with Gasteiger partial charge in [-0.25, -0.2) is 14.6 Å². The van der Waals surface area contributed by atoms with Crippen molar-refractivity contribution in [3.8, 4) is 0 Å². The van der Waals surface area contributed by atoms with Crippen LogP contribution < -0.4 is 11.2 Å². The molecule has 0 aromatic carbocycles. The smallest absolute Gasteiger partial charge is 0.332 e. The van der Waals surface area contributed by atoms with Crippen LogP contribution in [0.25, 0.3) is 0 Å². The van der Waals surface area contributed by atoms with Gasteiger partial charge in [-0.3, -0.25) is 0 Å². The van der Waals surface area contributed by atoms with Crippen LogP contribution in [0.15, 0.2) is 5.10 Å². The summed E-state index contributed by atoms with van der Waals surface area (Å²) < 4.78 is 15.6. The van der Waals surface area contributed by atoms with E-state index < -0.39 is 11.7 Å². The number of nitrogens with one attached hydrogen (secondary N) is 1. The standard InChI is InChI=1S/C12H13FIN3O/c13-12-7-3-1-2-4(5(3)10(12)14)8(12)9(6(2)7)16-17-11(15)18/h2-8,10H,1H2,(H3,15,17,18). The van der Waals surface area contributed by atoms with Gasteiger partial charge in [-0.2, -0.15) is 5.10 Å². The molecule has 0 saturated heterocycles. The molecule has 0 heterocycles. The summed E-state index contributed by atoms with van der Waals surface area (Å²) in [5, 5.41) is 4.17. The van der Waals surface area contributed by atoms with E-state index in [2.05, 4.69) is 33.1 Å². The third-order valence-corrected chi connectivity index (χ3v) is 8.16. The molecule has 2 amide bonds. The first kappa shape index (κ1) is 10.4. The van der Waals surface area contributed by atoms with Crippen molar-refractivity contribution in [3.05, 3.63) is 0 Å². The van der Waals surface area contributed by atoms with Crippen molar-refractivity contribution in [2.75, 3.05) is 0 Å². The lowest BCUT2D eigenvalue weighted by Crippen LogP contribution is -2.42. The van der Waals surface area contributed by atoms with Crippen LogP contribution in [0.1, 0.15) is 6.42 Å². The number of amides is 2. The summed E-state index contributed by atoms with van der Waals surface area (Å²) in [5.74, 6) is 2.70. The molecule has 0 radical (unpaired) electrons. The number of alkyl halides is 2. The van der Waals surface area contributed by atoms with E-state index in [-0.39, 0.29) is 21.7 Å². The molecule has 9 unspecified atom stereocenters. The molecule has 6 aliphatic carbocycles. The van der Waals surface area contributed by atoms with E-state index in [1.165, 1.54) is 6.42 Å². The molecule has 6 heteroatoms. The van der Waals surface area contributed by atoms with E-state index >= 15 is 4.39 Å². The van der Waals surface area contributed by atoms with Gasteiger partial charge in [0, 0.05) is 27.4 Å². The van der Waals surface area contributed by atoms with Crippen LogP contribution >= 0.6 is 22.6 Å². The number of carbonyl (C=O) groups excluding carboxylic acids is 1. The fourth-order valence-corrected chi connectivity index (χ4v) is 8.26. The number of nitrogens with zero attached hydrogens (tertiary/aromatic N) is 1. The van der Waals surface area contributed by atoms with Crippen molar-refractivity contribution in [3.63, 3.8) is 0 Å². The maximum absolute atomic E-state index is 15.4. The average molecular weight is 361 g/mol. The Morgan fingerprint density at radius 3 is 2.94 bits per heavy atom. The third kappa shape index (κ3) is 0.750. The quantitative estimate of drug-likeness (QED) is 0.413. The Bertz CT molecular complexity index is 523. The minimum atomic E-state index is -1.05. The van der Waals surface area contributed by atoms with Crippen LogP contribution in [-0.4, -0.2) is 21.3 Å². The molecule has 9 atom stereocenters. The van der Waals surface area contributed by atoms with Crippen molar-refractivity contribution < 1.29 is 9.18 Å². The first-order valence-corrected chi connectivity index (χ1v) is 7.77. The molecule has 0 aliphatic heterocycles. The Morgan fingerprint density at radius 2 is 2.28 bits per heavy atom. The molecule has 0 spiro atoms. The summed E-state index contributed by atoms with van der Waals surface area (Å²) in [7, 11) is 0. The molecular weight excluding hydrogens is 348 g/mol. The van der Waals surface area contributed by atoms with Gasteiger partial charge in [0.15, 0.2) is 0 Å². The SMILES string of the molecule is NC(=O)NN=C1C2C3CC4C5C3C1C(F)(C5I)C42. The molecule has 18 heavy (non-hydrogen) atoms. The van der Waals surface area contributed by atoms with Gasteiger partial charge in [0.25, 0.3) is 0 Å². The minimum Gasteiger partial charge on any atom is -0.350 e. The summed E-state index contributed by atoms with van der Waals surface area (Å²) in [6.45, 7) is 0. The maximum atomic E-state index is 15.4. The lowest BCUT2D eigenvalue weighted by Gasteiger charge is -2.36. The number of primary amides is 1. The predicted molar refractivity (Wildman–Crippen MR) is 70.8 cm³/mol. The Hall–Kier alpha value is -0.400. The summed E-state index contributed by atoms with van der Waals surface area (Å²) >= 11 is 2.33. The molecule has 4 nitrogen and oxygen atoms in total. The van der Waals surface area contributed by atoms with Gasteiger partial charge in [-0.05, 0) is 30.1 Å². The Labute approximate surface area is 117 Å². The number of nitrogens with two attached hydrogens (primary N) is 1. The lowest BCUT2D eigenvalue weighted by atomic mass is 9.70.